The largest absolute Gasteiger partial charge is 0.384 e. The van der Waals surface area contributed by atoms with E-state index in [1.165, 1.54) is 32.1 Å². The average molecular weight is 260 g/mol. The first-order chi connectivity index (χ1) is 9.26. The van der Waals surface area contributed by atoms with Crippen molar-refractivity contribution < 1.29 is 0 Å². The Kier molecular flexibility index (Phi) is 2.62. The molecule has 5 rings (SSSR count). The predicted octanol–water partition coefficient (Wildman–Crippen LogP) is 1.96. The monoisotopic (exact) mass is 260 g/mol. The Bertz CT molecular complexity index is 450. The molecule has 0 saturated heterocycles. The van der Waals surface area contributed by atoms with E-state index in [1.807, 2.05) is 6.20 Å². The quantitative estimate of drug-likeness (QED) is 0.873. The Balaban J connectivity index is 1.65. The SMILES string of the molecule is NCCc1cnn(C2C3CC4CC(C3)CC2C4)c1N. The highest BCUT2D eigenvalue weighted by Gasteiger charge is 2.49. The van der Waals surface area contributed by atoms with E-state index in [0.29, 0.717) is 12.6 Å². The molecule has 4 N–H and O–H groups in total. The van der Waals surface area contributed by atoms with Crippen molar-refractivity contribution in [3.8, 4) is 0 Å². The van der Waals surface area contributed by atoms with Crippen LogP contribution < -0.4 is 11.5 Å². The van der Waals surface area contributed by atoms with Gasteiger partial charge in [-0.2, -0.15) is 5.10 Å². The number of hydrogen-bond donors (Lipinski definition) is 2. The van der Waals surface area contributed by atoms with Gasteiger partial charge in [0, 0.05) is 5.56 Å². The molecule has 4 heteroatoms. The molecule has 1 aromatic heterocycles. The van der Waals surface area contributed by atoms with Crippen molar-refractivity contribution in [1.82, 2.24) is 9.78 Å². The van der Waals surface area contributed by atoms with Crippen LogP contribution in [0.25, 0.3) is 0 Å². The summed E-state index contributed by atoms with van der Waals surface area (Å²) in [5.74, 6) is 4.52. The van der Waals surface area contributed by atoms with E-state index in [2.05, 4.69) is 9.78 Å². The van der Waals surface area contributed by atoms with Gasteiger partial charge in [-0.1, -0.05) is 0 Å². The van der Waals surface area contributed by atoms with Gasteiger partial charge in [0.05, 0.1) is 12.2 Å². The van der Waals surface area contributed by atoms with Crippen molar-refractivity contribution in [2.45, 2.75) is 44.6 Å². The molecule has 4 aliphatic carbocycles. The molecule has 4 nitrogen and oxygen atoms in total. The number of nitrogen functional groups attached to an aromatic ring is 1. The van der Waals surface area contributed by atoms with Crippen molar-refractivity contribution in [3.63, 3.8) is 0 Å². The third kappa shape index (κ3) is 1.72. The smallest absolute Gasteiger partial charge is 0.125 e. The number of hydrogen-bond acceptors (Lipinski definition) is 3. The predicted molar refractivity (Wildman–Crippen MR) is 75.5 cm³/mol. The van der Waals surface area contributed by atoms with Crippen molar-refractivity contribution in [3.05, 3.63) is 11.8 Å². The molecule has 4 fully saturated rings. The highest BCUT2D eigenvalue weighted by atomic mass is 15.3. The van der Waals surface area contributed by atoms with Crippen LogP contribution in [0, 0.1) is 23.7 Å². The van der Waals surface area contributed by atoms with Gasteiger partial charge < -0.3 is 11.5 Å². The minimum Gasteiger partial charge on any atom is -0.384 e. The van der Waals surface area contributed by atoms with Crippen LogP contribution in [0.3, 0.4) is 0 Å². The van der Waals surface area contributed by atoms with Gasteiger partial charge in [-0.15, -0.1) is 0 Å². The van der Waals surface area contributed by atoms with E-state index in [9.17, 15) is 0 Å². The van der Waals surface area contributed by atoms with Gasteiger partial charge in [-0.25, -0.2) is 4.68 Å². The van der Waals surface area contributed by atoms with Crippen molar-refractivity contribution >= 4 is 5.82 Å². The normalized spacial score (nSPS) is 39.9. The van der Waals surface area contributed by atoms with Gasteiger partial charge in [-0.3, -0.25) is 0 Å². The molecule has 4 bridgehead atoms. The van der Waals surface area contributed by atoms with Gasteiger partial charge in [0.15, 0.2) is 0 Å². The van der Waals surface area contributed by atoms with Crippen LogP contribution in [0.15, 0.2) is 6.20 Å². The molecule has 4 aliphatic rings. The van der Waals surface area contributed by atoms with E-state index in [4.69, 9.17) is 11.5 Å². The first-order valence-electron chi connectivity index (χ1n) is 7.78. The molecule has 19 heavy (non-hydrogen) atoms. The molecule has 1 aromatic rings. The molecule has 0 spiro atoms. The number of nitrogens with zero attached hydrogens (tertiary/aromatic N) is 2. The lowest BCUT2D eigenvalue weighted by atomic mass is 9.54. The fraction of sp³-hybridized carbons (Fsp3) is 0.800. The van der Waals surface area contributed by atoms with E-state index in [0.717, 1.165) is 41.5 Å². The summed E-state index contributed by atoms with van der Waals surface area (Å²) in [5.41, 5.74) is 13.1. The topological polar surface area (TPSA) is 69.9 Å². The van der Waals surface area contributed by atoms with E-state index in [-0.39, 0.29) is 0 Å². The van der Waals surface area contributed by atoms with Gasteiger partial charge in [0.1, 0.15) is 5.82 Å². The molecule has 0 amide bonds. The van der Waals surface area contributed by atoms with Gasteiger partial charge in [0.25, 0.3) is 0 Å². The standard InChI is InChI=1S/C15H24N4/c16-2-1-11-8-18-19(15(11)17)14-12-4-9-3-10(6-12)7-13(14)5-9/h8-10,12-14H,1-7,16-17H2. The molecular formula is C15H24N4. The Morgan fingerprint density at radius 1 is 1.11 bits per heavy atom. The summed E-state index contributed by atoms with van der Waals surface area (Å²) >= 11 is 0. The minimum absolute atomic E-state index is 0.569. The van der Waals surface area contributed by atoms with Crippen LogP contribution in [-0.2, 0) is 6.42 Å². The van der Waals surface area contributed by atoms with Crippen LogP contribution >= 0.6 is 0 Å². The summed E-state index contributed by atoms with van der Waals surface area (Å²) in [7, 11) is 0. The van der Waals surface area contributed by atoms with Crippen LogP contribution in [-0.4, -0.2) is 16.3 Å². The first-order valence-corrected chi connectivity index (χ1v) is 7.78. The van der Waals surface area contributed by atoms with Crippen LogP contribution in [0.1, 0.15) is 43.7 Å². The van der Waals surface area contributed by atoms with Crippen molar-refractivity contribution in [2.24, 2.45) is 29.4 Å². The van der Waals surface area contributed by atoms with Gasteiger partial charge in [0.2, 0.25) is 0 Å². The molecule has 1 heterocycles. The highest BCUT2D eigenvalue weighted by molar-refractivity contribution is 5.39. The van der Waals surface area contributed by atoms with Crippen molar-refractivity contribution in [2.75, 3.05) is 12.3 Å². The fourth-order valence-electron chi connectivity index (χ4n) is 5.29. The molecule has 4 saturated carbocycles. The minimum atomic E-state index is 0.569. The molecule has 0 aliphatic heterocycles. The fourth-order valence-corrected chi connectivity index (χ4v) is 5.29. The number of anilines is 1. The maximum absolute atomic E-state index is 6.31. The van der Waals surface area contributed by atoms with Gasteiger partial charge in [-0.05, 0) is 68.7 Å². The summed E-state index contributed by atoms with van der Waals surface area (Å²) in [4.78, 5) is 0. The molecule has 0 radical (unpaired) electrons. The Labute approximate surface area is 114 Å². The molecule has 104 valence electrons. The molecule has 0 atom stereocenters. The lowest BCUT2D eigenvalue weighted by molar-refractivity contribution is -0.0327. The summed E-state index contributed by atoms with van der Waals surface area (Å²) in [6.45, 7) is 0.650. The van der Waals surface area contributed by atoms with Crippen LogP contribution in [0.4, 0.5) is 5.82 Å². The molecular weight excluding hydrogens is 236 g/mol. The van der Waals surface area contributed by atoms with E-state index < -0.39 is 0 Å². The second-order valence-electron chi connectivity index (χ2n) is 6.96. The Morgan fingerprint density at radius 2 is 1.74 bits per heavy atom. The van der Waals surface area contributed by atoms with E-state index >= 15 is 0 Å². The van der Waals surface area contributed by atoms with Crippen LogP contribution in [0.5, 0.6) is 0 Å². The Morgan fingerprint density at radius 3 is 2.32 bits per heavy atom. The third-order valence-corrected chi connectivity index (χ3v) is 5.79. The zero-order valence-corrected chi connectivity index (χ0v) is 11.5. The maximum atomic E-state index is 6.31. The zero-order valence-electron chi connectivity index (χ0n) is 11.5. The molecule has 0 aromatic carbocycles. The summed E-state index contributed by atoms with van der Waals surface area (Å²) in [6.07, 6.45) is 9.90. The summed E-state index contributed by atoms with van der Waals surface area (Å²) in [5, 5.41) is 4.62. The van der Waals surface area contributed by atoms with E-state index in [1.54, 1.807) is 0 Å². The second kappa shape index (κ2) is 4.23. The number of aromatic nitrogens is 2. The molecule has 0 unspecified atom stereocenters. The average Bonchev–Trinajstić information content (AvgIpc) is 2.71. The third-order valence-electron chi connectivity index (χ3n) is 5.79. The van der Waals surface area contributed by atoms with Gasteiger partial charge >= 0.3 is 0 Å². The highest BCUT2D eigenvalue weighted by Crippen LogP contribution is 2.58. The zero-order chi connectivity index (χ0) is 13.0. The summed E-state index contributed by atoms with van der Waals surface area (Å²) in [6, 6.07) is 0.569. The summed E-state index contributed by atoms with van der Waals surface area (Å²) < 4.78 is 2.15. The lowest BCUT2D eigenvalue weighted by Gasteiger charge is -2.54. The van der Waals surface area contributed by atoms with Crippen LogP contribution in [0.2, 0.25) is 0 Å². The first kappa shape index (κ1) is 11.8. The lowest BCUT2D eigenvalue weighted by Crippen LogP contribution is -2.46. The Hall–Kier alpha value is -1.03. The van der Waals surface area contributed by atoms with Crippen molar-refractivity contribution in [1.29, 1.82) is 0 Å². The second-order valence-corrected chi connectivity index (χ2v) is 6.96. The maximum Gasteiger partial charge on any atom is 0.125 e. The number of nitrogens with two attached hydrogens (primary N) is 2. The number of rotatable bonds is 3.